The van der Waals surface area contributed by atoms with Gasteiger partial charge in [-0.25, -0.2) is 35.1 Å². The van der Waals surface area contributed by atoms with E-state index in [9.17, 15) is 29.1 Å². The molecule has 2 saturated heterocycles. The summed E-state index contributed by atoms with van der Waals surface area (Å²) in [5.74, 6) is -1.76. The van der Waals surface area contributed by atoms with Crippen molar-refractivity contribution in [2.24, 2.45) is 0 Å². The third-order valence-corrected chi connectivity index (χ3v) is 11.1. The number of aliphatic hydroxyl groups excluding tert-OH is 1. The Bertz CT molecular complexity index is 2350. The molecule has 0 radical (unpaired) electrons. The number of Topliss-reactive ketones (excluding diaryl/α,β-unsaturated/α-hetero) is 1. The van der Waals surface area contributed by atoms with Crippen molar-refractivity contribution in [1.29, 1.82) is 0 Å². The molecule has 2 aliphatic rings. The van der Waals surface area contributed by atoms with Crippen LogP contribution in [0, 0.1) is 6.57 Å². The highest BCUT2D eigenvalue weighted by atomic mass is 32.5. The number of H-pyrrole nitrogens is 1. The van der Waals surface area contributed by atoms with Crippen LogP contribution >= 0.6 is 6.72 Å². The van der Waals surface area contributed by atoms with Crippen LogP contribution in [0.1, 0.15) is 42.6 Å². The summed E-state index contributed by atoms with van der Waals surface area (Å²) in [5.41, 5.74) is -1.35. The van der Waals surface area contributed by atoms with Gasteiger partial charge in [0.2, 0.25) is 6.54 Å². The Balaban J connectivity index is 1.25. The van der Waals surface area contributed by atoms with E-state index in [0.29, 0.717) is 5.56 Å². The highest BCUT2D eigenvalue weighted by Gasteiger charge is 2.52. The molecule has 0 saturated carbocycles. The minimum Gasteiger partial charge on any atom is -0.456 e. The number of hydrogen-bond acceptors (Lipinski definition) is 16. The number of aliphatic hydroxyl groups is 1. The van der Waals surface area contributed by atoms with Gasteiger partial charge in [0.1, 0.15) is 37.0 Å². The van der Waals surface area contributed by atoms with Gasteiger partial charge in [-0.2, -0.15) is 0 Å². The number of nitrogens with one attached hydrogen (secondary N) is 2. The Morgan fingerprint density at radius 2 is 1.74 bits per heavy atom. The molecular weight excluding hydrogens is 813 g/mol. The Morgan fingerprint density at radius 3 is 2.45 bits per heavy atom. The van der Waals surface area contributed by atoms with E-state index in [1.54, 1.807) is 30.3 Å². The van der Waals surface area contributed by atoms with Crippen LogP contribution in [-0.2, 0) is 49.2 Å². The second-order valence-corrected chi connectivity index (χ2v) is 15.7. The fourth-order valence-electron chi connectivity index (χ4n) is 6.01. The lowest BCUT2D eigenvalue weighted by atomic mass is 10.1. The lowest BCUT2D eigenvalue weighted by Gasteiger charge is -2.28. The molecule has 2 aliphatic heterocycles. The first kappa shape index (κ1) is 42.4. The van der Waals surface area contributed by atoms with E-state index in [4.69, 9.17) is 46.2 Å². The molecule has 9 atom stereocenters. The van der Waals surface area contributed by atoms with Crippen molar-refractivity contribution in [2.75, 3.05) is 31.7 Å². The first-order valence-electron chi connectivity index (χ1n) is 17.5. The number of aromatic nitrogens is 6. The number of benzene rings is 1. The van der Waals surface area contributed by atoms with Crippen LogP contribution in [-0.4, -0.2) is 115 Å². The number of hydrogen-bond donors (Lipinski definition) is 3. The number of imidazole rings is 1. The lowest BCUT2D eigenvalue weighted by molar-refractivity contribution is -0.155. The summed E-state index contributed by atoms with van der Waals surface area (Å²) in [7, 11) is 0. The fourth-order valence-corrected chi connectivity index (χ4v) is 8.09. The number of alkyl halides is 2. The standard InChI is InChI=1S/C34H35F2N8O12PS/c1-18(46)8-9-23(48)55-27-21(54-33(24(27)35)44-17-40-26-29(38-16-39-30(26)44)42-31(49)19-6-4-3-5-7-19)15-52-57(58,51-13-11-37-2)56-28-20(14-45)53-32(25(28)36)43-12-10-22(47)41-34(43)50/h3-7,10,12,16-17,20-21,24-25,27-28,32-33,45H,8-9,11,13-15H2,1H3,(H,41,47,50)(H,38,39,42,49)/t20-,21-,24?,25?,27+,28+,32-,33-,57?/m1/s1. The van der Waals surface area contributed by atoms with Crippen molar-refractivity contribution >= 4 is 53.2 Å². The van der Waals surface area contributed by atoms with E-state index in [0.717, 1.165) is 23.2 Å². The van der Waals surface area contributed by atoms with Gasteiger partial charge in [-0.3, -0.25) is 33.0 Å². The highest BCUT2D eigenvalue weighted by Crippen LogP contribution is 2.54. The second kappa shape index (κ2) is 18.6. The van der Waals surface area contributed by atoms with Crippen LogP contribution in [0.25, 0.3) is 16.0 Å². The molecule has 4 aromatic rings. The molecule has 3 N–H and O–H groups in total. The Labute approximate surface area is 331 Å². The van der Waals surface area contributed by atoms with Crippen LogP contribution in [0.15, 0.2) is 64.8 Å². The molecule has 0 aliphatic carbocycles. The van der Waals surface area contributed by atoms with Crippen LogP contribution in [0.5, 0.6) is 0 Å². The van der Waals surface area contributed by atoms with Crippen LogP contribution in [0.3, 0.4) is 0 Å². The van der Waals surface area contributed by atoms with Crippen molar-refractivity contribution in [3.8, 4) is 0 Å². The van der Waals surface area contributed by atoms with Crippen molar-refractivity contribution in [2.45, 2.75) is 69.0 Å². The number of rotatable bonds is 17. The van der Waals surface area contributed by atoms with Gasteiger partial charge in [-0.05, 0) is 30.9 Å². The number of carbonyl (C=O) groups is 3. The van der Waals surface area contributed by atoms with E-state index in [-0.39, 0.29) is 48.8 Å². The lowest BCUT2D eigenvalue weighted by Crippen LogP contribution is -2.38. The van der Waals surface area contributed by atoms with Crippen LogP contribution < -0.4 is 16.6 Å². The van der Waals surface area contributed by atoms with Gasteiger partial charge in [0.05, 0.1) is 26.0 Å². The Hall–Kier alpha value is -5.18. The largest absolute Gasteiger partial charge is 0.456 e. The van der Waals surface area contributed by atoms with E-state index in [2.05, 4.69) is 25.1 Å². The molecular formula is C34H35F2N8O12PS. The van der Waals surface area contributed by atoms with Gasteiger partial charge in [-0.1, -0.05) is 18.2 Å². The van der Waals surface area contributed by atoms with Gasteiger partial charge in [0.25, 0.3) is 11.5 Å². The first-order valence-corrected chi connectivity index (χ1v) is 20.0. The summed E-state index contributed by atoms with van der Waals surface area (Å²) in [5, 5.41) is 12.7. The molecule has 20 nitrogen and oxygen atoms in total. The third kappa shape index (κ3) is 9.57. The zero-order chi connectivity index (χ0) is 41.6. The predicted molar refractivity (Wildman–Crippen MR) is 198 cm³/mol. The SMILES string of the molecule is [C-]#[N+]CCOP(=S)(OC[C@H]1O[C@@H](n2cnc3c(NC(=O)c4ccccc4)ncnc32)C(F)[C@H]1OC(=O)CCC(C)=O)O[C@@H]1C(F)[C@H](n2ccc(=O)[nH]c2=O)O[C@@H]1CO. The molecule has 3 unspecified atom stereocenters. The highest BCUT2D eigenvalue weighted by molar-refractivity contribution is 8.07. The molecule has 6 rings (SSSR count). The molecule has 58 heavy (non-hydrogen) atoms. The maximum atomic E-state index is 16.5. The van der Waals surface area contributed by atoms with Crippen LogP contribution in [0.4, 0.5) is 14.6 Å². The van der Waals surface area contributed by atoms with Crippen molar-refractivity contribution in [1.82, 2.24) is 29.1 Å². The van der Waals surface area contributed by atoms with E-state index in [1.165, 1.54) is 17.8 Å². The van der Waals surface area contributed by atoms with Gasteiger partial charge in [0, 0.05) is 24.2 Å². The smallest absolute Gasteiger partial charge is 0.330 e. The Morgan fingerprint density at radius 1 is 1.02 bits per heavy atom. The minimum atomic E-state index is -4.20. The van der Waals surface area contributed by atoms with E-state index < -0.39 is 92.3 Å². The summed E-state index contributed by atoms with van der Waals surface area (Å²) in [4.78, 5) is 79.0. The van der Waals surface area contributed by atoms with E-state index in [1.807, 2.05) is 4.98 Å². The summed E-state index contributed by atoms with van der Waals surface area (Å²) in [6, 6.07) is 9.22. The number of ketones is 1. The summed E-state index contributed by atoms with van der Waals surface area (Å²) in [6.45, 7) is 2.05. The molecule has 1 amide bonds. The number of carbonyl (C=O) groups excluding carboxylic acids is 3. The van der Waals surface area contributed by atoms with Gasteiger partial charge in [-0.15, -0.1) is 0 Å². The van der Waals surface area contributed by atoms with Gasteiger partial charge in [0.15, 0.2) is 47.9 Å². The van der Waals surface area contributed by atoms with Gasteiger partial charge < -0.3 is 43.3 Å². The average molecular weight is 849 g/mol. The molecule has 24 heteroatoms. The van der Waals surface area contributed by atoms with Gasteiger partial charge >= 0.3 is 18.4 Å². The molecule has 308 valence electrons. The summed E-state index contributed by atoms with van der Waals surface area (Å²) >= 11 is 5.58. The molecule has 0 bridgehead atoms. The molecule has 1 aromatic carbocycles. The molecule has 0 spiro atoms. The number of esters is 1. The average Bonchev–Trinajstić information content (AvgIpc) is 3.86. The number of anilines is 1. The van der Waals surface area contributed by atoms with Crippen LogP contribution in [0.2, 0.25) is 0 Å². The number of aromatic amines is 1. The van der Waals surface area contributed by atoms with Crippen molar-refractivity contribution in [3.63, 3.8) is 0 Å². The van der Waals surface area contributed by atoms with Crippen molar-refractivity contribution in [3.05, 3.63) is 93.1 Å². The zero-order valence-electron chi connectivity index (χ0n) is 30.3. The maximum Gasteiger partial charge on any atom is 0.330 e. The number of halogens is 2. The van der Waals surface area contributed by atoms with E-state index >= 15 is 8.78 Å². The normalized spacial score (nSPS) is 25.2. The zero-order valence-corrected chi connectivity index (χ0v) is 32.0. The topological polar surface area (TPSA) is 242 Å². The maximum absolute atomic E-state index is 16.5. The summed E-state index contributed by atoms with van der Waals surface area (Å²) in [6.07, 6.45) is -11.3. The minimum absolute atomic E-state index is 0.00316. The summed E-state index contributed by atoms with van der Waals surface area (Å²) < 4.78 is 68.9. The number of amides is 1. The number of fused-ring (bicyclic) bond motifs is 1. The third-order valence-electron chi connectivity index (χ3n) is 8.79. The van der Waals surface area contributed by atoms with Crippen molar-refractivity contribution < 1.29 is 56.1 Å². The second-order valence-electron chi connectivity index (χ2n) is 12.8. The number of nitrogens with zero attached hydrogens (tertiary/aromatic N) is 6. The molecule has 5 heterocycles. The molecule has 2 fully saturated rings. The Kier molecular flexibility index (Phi) is 13.6. The molecule has 3 aromatic heterocycles. The quantitative estimate of drug-likeness (QED) is 0.0595. The number of ether oxygens (including phenoxy) is 3. The monoisotopic (exact) mass is 848 g/mol. The first-order chi connectivity index (χ1) is 27.8. The fraction of sp³-hybridized carbons (Fsp3) is 0.441. The predicted octanol–water partition coefficient (Wildman–Crippen LogP) is 1.94.